The van der Waals surface area contributed by atoms with Crippen molar-refractivity contribution in [3.05, 3.63) is 60.2 Å². The maximum absolute atomic E-state index is 13.3. The topological polar surface area (TPSA) is 52.7 Å². The minimum atomic E-state index is -0.0699. The van der Waals surface area contributed by atoms with Crippen molar-refractivity contribution < 1.29 is 9.59 Å². The molecule has 0 bridgehead atoms. The Kier molecular flexibility index (Phi) is 6.75. The molecule has 1 aliphatic heterocycles. The van der Waals surface area contributed by atoms with E-state index in [-0.39, 0.29) is 37.0 Å². The van der Waals surface area contributed by atoms with Crippen molar-refractivity contribution in [2.45, 2.75) is 30.8 Å². The second kappa shape index (κ2) is 9.26. The molecule has 1 aliphatic rings. The van der Waals surface area contributed by atoms with Crippen LogP contribution in [0.2, 0.25) is 0 Å². The van der Waals surface area contributed by atoms with Gasteiger partial charge in [-0.15, -0.1) is 11.8 Å². The Balaban J connectivity index is 1.80. The number of nitrogens with one attached hydrogen (secondary N) is 1. The Labute approximate surface area is 171 Å². The Morgan fingerprint density at radius 1 is 1.11 bits per heavy atom. The Hall–Kier alpha value is -2.31. The van der Waals surface area contributed by atoms with Crippen LogP contribution in [-0.2, 0) is 9.59 Å². The van der Waals surface area contributed by atoms with E-state index in [0.29, 0.717) is 0 Å². The molecule has 2 aromatic carbocycles. The lowest BCUT2D eigenvalue weighted by Crippen LogP contribution is -2.46. The summed E-state index contributed by atoms with van der Waals surface area (Å²) in [5.74, 6) is 0.741. The van der Waals surface area contributed by atoms with Gasteiger partial charge in [0.05, 0.1) is 24.8 Å². The molecule has 3 rings (SSSR count). The van der Waals surface area contributed by atoms with Crippen LogP contribution in [0.15, 0.2) is 59.5 Å². The van der Waals surface area contributed by atoms with Crippen molar-refractivity contribution in [1.82, 2.24) is 10.2 Å². The Bertz CT molecular complexity index is 826. The standard InChI is InChI=1S/C22H27N3O2S/c1-16(2)23-21(26)13-24(3)14-22(27)25-18-11-7-8-12-20(18)28-15-19(25)17-9-5-4-6-10-17/h4-12,16,19H,13-15H2,1-3H3,(H,23,26)/t19-/m1/s1. The average Bonchev–Trinajstić information content (AvgIpc) is 2.66. The summed E-state index contributed by atoms with van der Waals surface area (Å²) in [4.78, 5) is 30.1. The molecule has 148 valence electrons. The first-order valence-corrected chi connectivity index (χ1v) is 10.5. The van der Waals surface area contributed by atoms with Gasteiger partial charge >= 0.3 is 0 Å². The van der Waals surface area contributed by atoms with Gasteiger partial charge in [0.1, 0.15) is 0 Å². The van der Waals surface area contributed by atoms with E-state index in [4.69, 9.17) is 0 Å². The first-order chi connectivity index (χ1) is 13.5. The van der Waals surface area contributed by atoms with Crippen LogP contribution in [-0.4, -0.2) is 48.6 Å². The summed E-state index contributed by atoms with van der Waals surface area (Å²) in [5.41, 5.74) is 2.07. The summed E-state index contributed by atoms with van der Waals surface area (Å²) in [7, 11) is 1.81. The molecule has 6 heteroatoms. The van der Waals surface area contributed by atoms with Crippen LogP contribution >= 0.6 is 11.8 Å². The summed E-state index contributed by atoms with van der Waals surface area (Å²) in [5, 5.41) is 2.87. The van der Waals surface area contributed by atoms with Crippen LogP contribution in [0.5, 0.6) is 0 Å². The molecule has 2 aromatic rings. The average molecular weight is 398 g/mol. The number of rotatable bonds is 6. The summed E-state index contributed by atoms with van der Waals surface area (Å²) in [6, 6.07) is 18.2. The summed E-state index contributed by atoms with van der Waals surface area (Å²) in [6.45, 7) is 4.24. The number of benzene rings is 2. The van der Waals surface area contributed by atoms with Gasteiger partial charge in [-0.3, -0.25) is 14.5 Å². The molecule has 1 atom stereocenters. The van der Waals surface area contributed by atoms with E-state index in [1.807, 2.05) is 55.1 Å². The molecule has 0 radical (unpaired) electrons. The van der Waals surface area contributed by atoms with E-state index in [0.717, 1.165) is 21.9 Å². The van der Waals surface area contributed by atoms with Crippen molar-refractivity contribution in [3.8, 4) is 0 Å². The highest BCUT2D eigenvalue weighted by Gasteiger charge is 2.32. The fourth-order valence-electron chi connectivity index (χ4n) is 3.39. The fourth-order valence-corrected chi connectivity index (χ4v) is 4.56. The smallest absolute Gasteiger partial charge is 0.241 e. The lowest BCUT2D eigenvalue weighted by molar-refractivity contribution is -0.124. The van der Waals surface area contributed by atoms with Gasteiger partial charge in [0.25, 0.3) is 0 Å². The van der Waals surface area contributed by atoms with Crippen LogP contribution < -0.4 is 10.2 Å². The van der Waals surface area contributed by atoms with Crippen molar-refractivity contribution in [1.29, 1.82) is 0 Å². The lowest BCUT2D eigenvalue weighted by Gasteiger charge is -2.38. The van der Waals surface area contributed by atoms with Gasteiger partial charge in [-0.2, -0.15) is 0 Å². The zero-order valence-electron chi connectivity index (χ0n) is 16.6. The van der Waals surface area contributed by atoms with Gasteiger partial charge in [-0.25, -0.2) is 0 Å². The van der Waals surface area contributed by atoms with Gasteiger partial charge in [-0.1, -0.05) is 42.5 Å². The van der Waals surface area contributed by atoms with Crippen LogP contribution in [0.3, 0.4) is 0 Å². The molecule has 0 saturated heterocycles. The SMILES string of the molecule is CC(C)NC(=O)CN(C)CC(=O)N1c2ccccc2SC[C@@H]1c1ccccc1. The first-order valence-electron chi connectivity index (χ1n) is 9.52. The molecule has 0 spiro atoms. The molecule has 0 aliphatic carbocycles. The first kappa shape index (κ1) is 20.4. The van der Waals surface area contributed by atoms with E-state index in [2.05, 4.69) is 23.5 Å². The van der Waals surface area contributed by atoms with Crippen molar-refractivity contribution in [3.63, 3.8) is 0 Å². The number of likely N-dealkylation sites (N-methyl/N-ethyl adjacent to an activating group) is 1. The third-order valence-corrected chi connectivity index (χ3v) is 5.69. The molecule has 0 saturated carbocycles. The highest BCUT2D eigenvalue weighted by Crippen LogP contribution is 2.43. The van der Waals surface area contributed by atoms with E-state index < -0.39 is 0 Å². The van der Waals surface area contributed by atoms with Gasteiger partial charge in [0, 0.05) is 16.7 Å². The maximum Gasteiger partial charge on any atom is 0.241 e. The summed E-state index contributed by atoms with van der Waals surface area (Å²) >= 11 is 1.78. The molecule has 5 nitrogen and oxygen atoms in total. The zero-order chi connectivity index (χ0) is 20.1. The molecular formula is C22H27N3O2S. The summed E-state index contributed by atoms with van der Waals surface area (Å²) in [6.07, 6.45) is 0. The summed E-state index contributed by atoms with van der Waals surface area (Å²) < 4.78 is 0. The number of anilines is 1. The molecule has 0 aromatic heterocycles. The molecular weight excluding hydrogens is 370 g/mol. The molecule has 1 heterocycles. The third kappa shape index (κ3) is 4.94. The van der Waals surface area contributed by atoms with Crippen LogP contribution in [0.4, 0.5) is 5.69 Å². The highest BCUT2D eigenvalue weighted by molar-refractivity contribution is 7.99. The van der Waals surface area contributed by atoms with E-state index >= 15 is 0 Å². The molecule has 2 amide bonds. The predicted molar refractivity (Wildman–Crippen MR) is 115 cm³/mol. The maximum atomic E-state index is 13.3. The largest absolute Gasteiger partial charge is 0.353 e. The van der Waals surface area contributed by atoms with E-state index in [1.54, 1.807) is 23.7 Å². The lowest BCUT2D eigenvalue weighted by atomic mass is 10.1. The normalized spacial score (nSPS) is 16.2. The predicted octanol–water partition coefficient (Wildman–Crippen LogP) is 3.32. The van der Waals surface area contributed by atoms with E-state index in [1.165, 1.54) is 0 Å². The van der Waals surface area contributed by atoms with Crippen LogP contribution in [0.25, 0.3) is 0 Å². The monoisotopic (exact) mass is 397 g/mol. The Morgan fingerprint density at radius 3 is 2.50 bits per heavy atom. The number of carbonyl (C=O) groups excluding carboxylic acids is 2. The van der Waals surface area contributed by atoms with E-state index in [9.17, 15) is 9.59 Å². The molecule has 0 unspecified atom stereocenters. The number of carbonyl (C=O) groups is 2. The third-order valence-electron chi connectivity index (χ3n) is 4.55. The number of amides is 2. The van der Waals surface area contributed by atoms with Crippen molar-refractivity contribution in [2.24, 2.45) is 0 Å². The van der Waals surface area contributed by atoms with Crippen LogP contribution in [0.1, 0.15) is 25.5 Å². The van der Waals surface area contributed by atoms with Gasteiger partial charge < -0.3 is 10.2 Å². The van der Waals surface area contributed by atoms with Gasteiger partial charge in [-0.05, 0) is 38.6 Å². The number of hydrogen-bond donors (Lipinski definition) is 1. The number of hydrogen-bond acceptors (Lipinski definition) is 4. The molecule has 1 N–H and O–H groups in total. The quantitative estimate of drug-likeness (QED) is 0.812. The number of para-hydroxylation sites is 1. The highest BCUT2D eigenvalue weighted by atomic mass is 32.2. The van der Waals surface area contributed by atoms with Gasteiger partial charge in [0.15, 0.2) is 0 Å². The van der Waals surface area contributed by atoms with Crippen molar-refractivity contribution >= 4 is 29.3 Å². The number of nitrogens with zero attached hydrogens (tertiary/aromatic N) is 2. The number of fused-ring (bicyclic) bond motifs is 1. The molecule has 0 fully saturated rings. The minimum Gasteiger partial charge on any atom is -0.353 e. The fraction of sp³-hybridized carbons (Fsp3) is 0.364. The second-order valence-electron chi connectivity index (χ2n) is 7.36. The molecule has 28 heavy (non-hydrogen) atoms. The van der Waals surface area contributed by atoms with Crippen LogP contribution in [0, 0.1) is 0 Å². The minimum absolute atomic E-state index is 0.00134. The second-order valence-corrected chi connectivity index (χ2v) is 8.43. The number of thioether (sulfide) groups is 1. The van der Waals surface area contributed by atoms with Crippen molar-refractivity contribution in [2.75, 3.05) is 30.8 Å². The van der Waals surface area contributed by atoms with Gasteiger partial charge in [0.2, 0.25) is 11.8 Å². The Morgan fingerprint density at radius 2 is 1.79 bits per heavy atom. The zero-order valence-corrected chi connectivity index (χ0v) is 17.4.